The van der Waals surface area contributed by atoms with E-state index >= 15 is 0 Å². The largest absolute Gasteiger partial charge is 0.486 e. The zero-order chi connectivity index (χ0) is 16.4. The summed E-state index contributed by atoms with van der Waals surface area (Å²) in [6, 6.07) is 23.2. The molecule has 0 saturated carbocycles. The molecule has 0 radical (unpaired) electrons. The van der Waals surface area contributed by atoms with Crippen LogP contribution in [0.25, 0.3) is 22.3 Å². The Balaban J connectivity index is 2.05. The van der Waals surface area contributed by atoms with Crippen LogP contribution in [-0.2, 0) is 6.42 Å². The van der Waals surface area contributed by atoms with Crippen molar-refractivity contribution < 1.29 is 9.47 Å². The Bertz CT molecular complexity index is 839. The highest BCUT2D eigenvalue weighted by Crippen LogP contribution is 2.48. The Morgan fingerprint density at radius 2 is 1.33 bits per heavy atom. The average molecular weight is 316 g/mol. The third kappa shape index (κ3) is 2.54. The monoisotopic (exact) mass is 316 g/mol. The number of hydrogen-bond donors (Lipinski definition) is 0. The Morgan fingerprint density at radius 3 is 1.96 bits per heavy atom. The van der Waals surface area contributed by atoms with Gasteiger partial charge in [-0.3, -0.25) is 0 Å². The normalized spacial score (nSPS) is 12.9. The molecule has 24 heavy (non-hydrogen) atoms. The minimum Gasteiger partial charge on any atom is -0.486 e. The molecule has 0 fully saturated rings. The molecule has 0 saturated heterocycles. The van der Waals surface area contributed by atoms with Gasteiger partial charge >= 0.3 is 0 Å². The highest BCUT2D eigenvalue weighted by atomic mass is 16.6. The maximum Gasteiger partial charge on any atom is 0.170 e. The second kappa shape index (κ2) is 6.40. The van der Waals surface area contributed by atoms with Crippen molar-refractivity contribution in [1.29, 1.82) is 0 Å². The van der Waals surface area contributed by atoms with Gasteiger partial charge in [0.25, 0.3) is 0 Å². The second-order valence-corrected chi connectivity index (χ2v) is 5.90. The molecule has 3 aromatic carbocycles. The smallest absolute Gasteiger partial charge is 0.170 e. The van der Waals surface area contributed by atoms with Gasteiger partial charge in [0.15, 0.2) is 11.5 Å². The molecular weight excluding hydrogens is 296 g/mol. The lowest BCUT2D eigenvalue weighted by atomic mass is 9.90. The molecule has 3 aromatic rings. The molecule has 0 aromatic heterocycles. The fourth-order valence-electron chi connectivity index (χ4n) is 3.28. The molecule has 0 atom stereocenters. The predicted molar refractivity (Wildman–Crippen MR) is 97.7 cm³/mol. The van der Waals surface area contributed by atoms with Gasteiger partial charge in [0.05, 0.1) is 0 Å². The van der Waals surface area contributed by atoms with Crippen molar-refractivity contribution in [2.45, 2.75) is 13.3 Å². The summed E-state index contributed by atoms with van der Waals surface area (Å²) in [4.78, 5) is 0. The van der Waals surface area contributed by atoms with Crippen LogP contribution >= 0.6 is 0 Å². The van der Waals surface area contributed by atoms with Gasteiger partial charge in [-0.25, -0.2) is 0 Å². The zero-order valence-electron chi connectivity index (χ0n) is 13.8. The summed E-state index contributed by atoms with van der Waals surface area (Å²) >= 11 is 0. The van der Waals surface area contributed by atoms with Crippen LogP contribution in [0.5, 0.6) is 11.5 Å². The first-order chi connectivity index (χ1) is 11.9. The minimum atomic E-state index is 0.591. The predicted octanol–water partition coefficient (Wildman–Crippen LogP) is 5.35. The van der Waals surface area contributed by atoms with Crippen molar-refractivity contribution >= 4 is 0 Å². The van der Waals surface area contributed by atoms with Crippen molar-refractivity contribution in [3.05, 3.63) is 72.3 Å². The molecule has 1 heterocycles. The Kier molecular flexibility index (Phi) is 3.96. The van der Waals surface area contributed by atoms with Gasteiger partial charge in [-0.1, -0.05) is 67.6 Å². The van der Waals surface area contributed by atoms with Crippen LogP contribution in [0.1, 0.15) is 12.5 Å². The number of aryl methyl sites for hydroxylation is 1. The van der Waals surface area contributed by atoms with Gasteiger partial charge in [-0.05, 0) is 34.7 Å². The number of fused-ring (bicyclic) bond motifs is 1. The molecule has 0 bridgehead atoms. The van der Waals surface area contributed by atoms with Crippen LogP contribution in [-0.4, -0.2) is 13.2 Å². The molecule has 0 N–H and O–H groups in total. The average Bonchev–Trinajstić information content (AvgIpc) is 2.68. The van der Waals surface area contributed by atoms with Gasteiger partial charge in [0.2, 0.25) is 0 Å². The third-order valence-corrected chi connectivity index (χ3v) is 4.42. The fraction of sp³-hybridized carbons (Fsp3) is 0.182. The van der Waals surface area contributed by atoms with Crippen LogP contribution in [0.15, 0.2) is 66.7 Å². The maximum absolute atomic E-state index is 6.09. The van der Waals surface area contributed by atoms with Crippen LogP contribution in [0.4, 0.5) is 0 Å². The molecule has 4 rings (SSSR count). The lowest BCUT2D eigenvalue weighted by Gasteiger charge is -2.26. The fourth-order valence-corrected chi connectivity index (χ4v) is 3.28. The number of ether oxygens (including phenoxy) is 2. The van der Waals surface area contributed by atoms with Gasteiger partial charge in [0.1, 0.15) is 13.2 Å². The SMILES string of the molecule is CCc1cc(-c2ccccc2)c(-c2ccccc2)c2c1OCCO2. The van der Waals surface area contributed by atoms with Gasteiger partial charge in [-0.15, -0.1) is 0 Å². The van der Waals surface area contributed by atoms with Gasteiger partial charge < -0.3 is 9.47 Å². The third-order valence-electron chi connectivity index (χ3n) is 4.42. The molecular formula is C22H20O2. The van der Waals surface area contributed by atoms with E-state index in [0.29, 0.717) is 13.2 Å². The van der Waals surface area contributed by atoms with E-state index in [1.807, 2.05) is 12.1 Å². The van der Waals surface area contributed by atoms with Crippen LogP contribution < -0.4 is 9.47 Å². The lowest BCUT2D eigenvalue weighted by molar-refractivity contribution is 0.171. The molecule has 120 valence electrons. The van der Waals surface area contributed by atoms with Gasteiger partial charge in [0, 0.05) is 5.56 Å². The van der Waals surface area contributed by atoms with Gasteiger partial charge in [-0.2, -0.15) is 0 Å². The number of hydrogen-bond acceptors (Lipinski definition) is 2. The molecule has 0 unspecified atom stereocenters. The minimum absolute atomic E-state index is 0.591. The van der Waals surface area contributed by atoms with E-state index in [1.165, 1.54) is 16.7 Å². The van der Waals surface area contributed by atoms with Crippen molar-refractivity contribution in [2.75, 3.05) is 13.2 Å². The summed E-state index contributed by atoms with van der Waals surface area (Å²) < 4.78 is 12.1. The zero-order valence-corrected chi connectivity index (χ0v) is 13.8. The quantitative estimate of drug-likeness (QED) is 0.648. The van der Waals surface area contributed by atoms with Crippen molar-refractivity contribution in [1.82, 2.24) is 0 Å². The lowest BCUT2D eigenvalue weighted by Crippen LogP contribution is -2.17. The summed E-state index contributed by atoms with van der Waals surface area (Å²) in [7, 11) is 0. The first kappa shape index (κ1) is 14.8. The number of benzene rings is 3. The van der Waals surface area contributed by atoms with E-state index < -0.39 is 0 Å². The molecule has 0 amide bonds. The molecule has 1 aliphatic rings. The van der Waals surface area contributed by atoms with E-state index in [1.54, 1.807) is 0 Å². The maximum atomic E-state index is 6.09. The first-order valence-electron chi connectivity index (χ1n) is 8.44. The highest BCUT2D eigenvalue weighted by molar-refractivity contribution is 5.90. The standard InChI is InChI=1S/C22H20O2/c1-2-16-15-19(17-9-5-3-6-10-17)20(18-11-7-4-8-12-18)22-21(16)23-13-14-24-22/h3-12,15H,2,13-14H2,1H3. The highest BCUT2D eigenvalue weighted by Gasteiger charge is 2.24. The van der Waals surface area contributed by atoms with E-state index in [4.69, 9.17) is 9.47 Å². The Morgan fingerprint density at radius 1 is 0.750 bits per heavy atom. The van der Waals surface area contributed by atoms with E-state index in [-0.39, 0.29) is 0 Å². The van der Waals surface area contributed by atoms with Crippen LogP contribution in [0, 0.1) is 0 Å². The summed E-state index contributed by atoms with van der Waals surface area (Å²) in [5, 5.41) is 0. The topological polar surface area (TPSA) is 18.5 Å². The Labute approximate surface area is 142 Å². The van der Waals surface area contributed by atoms with Crippen molar-refractivity contribution in [3.8, 4) is 33.8 Å². The van der Waals surface area contributed by atoms with E-state index in [0.717, 1.165) is 29.0 Å². The van der Waals surface area contributed by atoms with E-state index in [2.05, 4.69) is 61.5 Å². The van der Waals surface area contributed by atoms with Crippen LogP contribution in [0.2, 0.25) is 0 Å². The summed E-state index contributed by atoms with van der Waals surface area (Å²) in [6.07, 6.45) is 0.917. The molecule has 2 heteroatoms. The molecule has 1 aliphatic heterocycles. The van der Waals surface area contributed by atoms with Crippen molar-refractivity contribution in [3.63, 3.8) is 0 Å². The summed E-state index contributed by atoms with van der Waals surface area (Å²) in [5.74, 6) is 1.79. The second-order valence-electron chi connectivity index (χ2n) is 5.90. The first-order valence-corrected chi connectivity index (χ1v) is 8.44. The van der Waals surface area contributed by atoms with Crippen LogP contribution in [0.3, 0.4) is 0 Å². The van der Waals surface area contributed by atoms with Crippen molar-refractivity contribution in [2.24, 2.45) is 0 Å². The Hall–Kier alpha value is -2.74. The number of rotatable bonds is 3. The molecule has 2 nitrogen and oxygen atoms in total. The van der Waals surface area contributed by atoms with E-state index in [9.17, 15) is 0 Å². The summed E-state index contributed by atoms with van der Waals surface area (Å²) in [5.41, 5.74) is 5.86. The molecule has 0 aliphatic carbocycles. The summed E-state index contributed by atoms with van der Waals surface area (Å²) in [6.45, 7) is 3.36. The molecule has 0 spiro atoms.